The number of benzene rings is 1. The van der Waals surface area contributed by atoms with E-state index in [1.54, 1.807) is 6.07 Å². The number of nitrogens with zero attached hydrogens (tertiary/aromatic N) is 4. The first-order valence-electron chi connectivity index (χ1n) is 9.89. The minimum Gasteiger partial charge on any atom is -0.369 e. The molecule has 0 saturated carbocycles. The number of piperazine rings is 1. The summed E-state index contributed by atoms with van der Waals surface area (Å²) in [5.74, 6) is 0.703. The van der Waals surface area contributed by atoms with Crippen molar-refractivity contribution in [1.29, 1.82) is 0 Å². The Morgan fingerprint density at radius 3 is 2.44 bits per heavy atom. The van der Waals surface area contributed by atoms with E-state index in [4.69, 9.17) is 0 Å². The monoisotopic (exact) mass is 367 g/mol. The van der Waals surface area contributed by atoms with Gasteiger partial charge >= 0.3 is 0 Å². The van der Waals surface area contributed by atoms with Crippen molar-refractivity contribution in [2.45, 2.75) is 32.7 Å². The number of rotatable bonds is 8. The molecule has 2 aromatic rings. The van der Waals surface area contributed by atoms with Gasteiger partial charge in [0.25, 0.3) is 5.91 Å². The van der Waals surface area contributed by atoms with Crippen molar-refractivity contribution in [3.8, 4) is 0 Å². The zero-order chi connectivity index (χ0) is 18.9. The van der Waals surface area contributed by atoms with Gasteiger partial charge in [-0.3, -0.25) is 9.69 Å². The van der Waals surface area contributed by atoms with Crippen molar-refractivity contribution >= 4 is 11.7 Å². The molecular formula is C21H29N5O. The van der Waals surface area contributed by atoms with Crippen LogP contribution in [0, 0.1) is 0 Å². The molecule has 1 aliphatic rings. The Bertz CT molecular complexity index is 696. The smallest absolute Gasteiger partial charge is 0.274 e. The fraction of sp³-hybridized carbons (Fsp3) is 0.476. The largest absolute Gasteiger partial charge is 0.369 e. The van der Waals surface area contributed by atoms with Crippen molar-refractivity contribution in [3.05, 3.63) is 53.7 Å². The van der Waals surface area contributed by atoms with Gasteiger partial charge in [-0.1, -0.05) is 50.1 Å². The van der Waals surface area contributed by atoms with Gasteiger partial charge in [0.2, 0.25) is 0 Å². The lowest BCUT2D eigenvalue weighted by molar-refractivity contribution is 0.0621. The highest BCUT2D eigenvalue weighted by atomic mass is 16.2. The standard InChI is InChI=1S/C21H29N5O/c1-2-3-7-12-22-20-11-10-19(23-24-20)21(27)26-15-13-25(14-16-26)17-18-8-5-4-6-9-18/h4-6,8-11H,2-3,7,12-17H2,1H3,(H,22,24). The third kappa shape index (κ3) is 5.76. The molecule has 0 unspecified atom stereocenters. The van der Waals surface area contributed by atoms with Crippen LogP contribution >= 0.6 is 0 Å². The fourth-order valence-corrected chi connectivity index (χ4v) is 3.24. The average Bonchev–Trinajstić information content (AvgIpc) is 2.72. The molecule has 0 atom stereocenters. The number of carbonyl (C=O) groups excluding carboxylic acids is 1. The van der Waals surface area contributed by atoms with Gasteiger partial charge in [-0.15, -0.1) is 10.2 Å². The molecule has 3 rings (SSSR count). The number of hydrogen-bond donors (Lipinski definition) is 1. The molecule has 144 valence electrons. The van der Waals surface area contributed by atoms with Gasteiger partial charge in [-0.05, 0) is 24.1 Å². The van der Waals surface area contributed by atoms with Gasteiger partial charge in [0.05, 0.1) is 0 Å². The summed E-state index contributed by atoms with van der Waals surface area (Å²) in [6, 6.07) is 14.1. The molecule has 1 fully saturated rings. The van der Waals surface area contributed by atoms with Gasteiger partial charge in [-0.25, -0.2) is 0 Å². The van der Waals surface area contributed by atoms with Crippen LogP contribution in [-0.4, -0.2) is 58.6 Å². The molecule has 1 N–H and O–H groups in total. The summed E-state index contributed by atoms with van der Waals surface area (Å²) in [7, 11) is 0. The first-order chi connectivity index (χ1) is 13.3. The third-order valence-electron chi connectivity index (χ3n) is 4.88. The van der Waals surface area contributed by atoms with Crippen LogP contribution in [0.3, 0.4) is 0 Å². The number of unbranched alkanes of at least 4 members (excludes halogenated alkanes) is 2. The van der Waals surface area contributed by atoms with Crippen LogP contribution in [0.2, 0.25) is 0 Å². The lowest BCUT2D eigenvalue weighted by Crippen LogP contribution is -2.48. The first-order valence-corrected chi connectivity index (χ1v) is 9.89. The van der Waals surface area contributed by atoms with Crippen LogP contribution in [-0.2, 0) is 6.54 Å². The molecule has 1 saturated heterocycles. The molecule has 0 aliphatic carbocycles. The lowest BCUT2D eigenvalue weighted by atomic mass is 10.2. The Hall–Kier alpha value is -2.47. The SMILES string of the molecule is CCCCCNc1ccc(C(=O)N2CCN(Cc3ccccc3)CC2)nn1. The van der Waals surface area contributed by atoms with E-state index in [0.717, 1.165) is 51.5 Å². The minimum absolute atomic E-state index is 0.0283. The Labute approximate surface area is 161 Å². The first kappa shape index (κ1) is 19.3. The van der Waals surface area contributed by atoms with Crippen LogP contribution in [0.1, 0.15) is 42.2 Å². The van der Waals surface area contributed by atoms with Crippen molar-refractivity contribution in [1.82, 2.24) is 20.0 Å². The second kappa shape index (κ2) is 10.0. The van der Waals surface area contributed by atoms with Crippen LogP contribution < -0.4 is 5.32 Å². The quantitative estimate of drug-likeness (QED) is 0.727. The molecule has 0 radical (unpaired) electrons. The summed E-state index contributed by atoms with van der Waals surface area (Å²) in [5.41, 5.74) is 1.73. The number of amides is 1. The fourth-order valence-electron chi connectivity index (χ4n) is 3.24. The summed E-state index contributed by atoms with van der Waals surface area (Å²) in [6.45, 7) is 7.22. The number of carbonyl (C=O) groups is 1. The van der Waals surface area contributed by atoms with Crippen molar-refractivity contribution in [2.75, 3.05) is 38.0 Å². The molecule has 27 heavy (non-hydrogen) atoms. The molecule has 1 aromatic heterocycles. The highest BCUT2D eigenvalue weighted by molar-refractivity contribution is 5.92. The Balaban J connectivity index is 1.46. The molecular weight excluding hydrogens is 338 g/mol. The molecule has 2 heterocycles. The maximum Gasteiger partial charge on any atom is 0.274 e. The van der Waals surface area contributed by atoms with E-state index in [0.29, 0.717) is 5.69 Å². The molecule has 1 aromatic carbocycles. The second-order valence-electron chi connectivity index (χ2n) is 6.99. The van der Waals surface area contributed by atoms with E-state index in [1.165, 1.54) is 18.4 Å². The third-order valence-corrected chi connectivity index (χ3v) is 4.88. The van der Waals surface area contributed by atoms with E-state index in [1.807, 2.05) is 17.0 Å². The summed E-state index contributed by atoms with van der Waals surface area (Å²) >= 11 is 0. The Kier molecular flexibility index (Phi) is 7.16. The van der Waals surface area contributed by atoms with Gasteiger partial charge in [-0.2, -0.15) is 0 Å². The van der Waals surface area contributed by atoms with Crippen LogP contribution in [0.4, 0.5) is 5.82 Å². The normalized spacial score (nSPS) is 14.9. The second-order valence-corrected chi connectivity index (χ2v) is 6.99. The summed E-state index contributed by atoms with van der Waals surface area (Å²) < 4.78 is 0. The molecule has 6 heteroatoms. The number of hydrogen-bond acceptors (Lipinski definition) is 5. The number of anilines is 1. The predicted molar refractivity (Wildman–Crippen MR) is 108 cm³/mol. The highest BCUT2D eigenvalue weighted by Gasteiger charge is 2.23. The number of aromatic nitrogens is 2. The van der Waals surface area contributed by atoms with E-state index in [-0.39, 0.29) is 5.91 Å². The van der Waals surface area contributed by atoms with Crippen LogP contribution in [0.5, 0.6) is 0 Å². The molecule has 1 amide bonds. The topological polar surface area (TPSA) is 61.4 Å². The average molecular weight is 367 g/mol. The zero-order valence-corrected chi connectivity index (χ0v) is 16.1. The molecule has 0 spiro atoms. The van der Waals surface area contributed by atoms with E-state index in [2.05, 4.69) is 51.6 Å². The van der Waals surface area contributed by atoms with Crippen LogP contribution in [0.15, 0.2) is 42.5 Å². The molecule has 1 aliphatic heterocycles. The lowest BCUT2D eigenvalue weighted by Gasteiger charge is -2.34. The number of nitrogens with one attached hydrogen (secondary N) is 1. The maximum atomic E-state index is 12.7. The van der Waals surface area contributed by atoms with Gasteiger partial charge < -0.3 is 10.2 Å². The summed E-state index contributed by atoms with van der Waals surface area (Å²) in [6.07, 6.45) is 3.51. The minimum atomic E-state index is -0.0283. The predicted octanol–water partition coefficient (Wildman–Crippen LogP) is 3.04. The molecule has 0 bridgehead atoms. The Morgan fingerprint density at radius 1 is 1.00 bits per heavy atom. The van der Waals surface area contributed by atoms with Crippen molar-refractivity contribution < 1.29 is 4.79 Å². The van der Waals surface area contributed by atoms with Crippen LogP contribution in [0.25, 0.3) is 0 Å². The van der Waals surface area contributed by atoms with E-state index < -0.39 is 0 Å². The zero-order valence-electron chi connectivity index (χ0n) is 16.1. The van der Waals surface area contributed by atoms with E-state index in [9.17, 15) is 4.79 Å². The van der Waals surface area contributed by atoms with Gasteiger partial charge in [0, 0.05) is 39.3 Å². The Morgan fingerprint density at radius 2 is 1.78 bits per heavy atom. The summed E-state index contributed by atoms with van der Waals surface area (Å²) in [5, 5.41) is 11.5. The molecule has 6 nitrogen and oxygen atoms in total. The van der Waals surface area contributed by atoms with E-state index >= 15 is 0 Å². The maximum absolute atomic E-state index is 12.7. The van der Waals surface area contributed by atoms with Gasteiger partial charge in [0.1, 0.15) is 5.82 Å². The highest BCUT2D eigenvalue weighted by Crippen LogP contribution is 2.11. The van der Waals surface area contributed by atoms with Gasteiger partial charge in [0.15, 0.2) is 5.69 Å². The summed E-state index contributed by atoms with van der Waals surface area (Å²) in [4.78, 5) is 16.9. The van der Waals surface area contributed by atoms with Crippen molar-refractivity contribution in [2.24, 2.45) is 0 Å². The van der Waals surface area contributed by atoms with Crippen molar-refractivity contribution in [3.63, 3.8) is 0 Å².